The molecule has 2 aromatic carbocycles. The molecule has 2 aromatic rings. The van der Waals surface area contributed by atoms with Crippen LogP contribution < -0.4 is 111 Å². The molecule has 2 fully saturated rings. The van der Waals surface area contributed by atoms with Crippen molar-refractivity contribution in [2.75, 3.05) is 39.3 Å². The lowest BCUT2D eigenvalue weighted by molar-refractivity contribution is -0.135. The van der Waals surface area contributed by atoms with Crippen molar-refractivity contribution < 1.29 is 58.2 Å². The summed E-state index contributed by atoms with van der Waals surface area (Å²) in [4.78, 5) is 153. The highest BCUT2D eigenvalue weighted by molar-refractivity contribution is 5.97. The van der Waals surface area contributed by atoms with Crippen LogP contribution in [-0.4, -0.2) is 187 Å². The third-order valence-corrected chi connectivity index (χ3v) is 18.1. The van der Waals surface area contributed by atoms with Gasteiger partial charge in [-0.15, -0.1) is 0 Å². The molecule has 10 amide bonds. The molecule has 0 heterocycles. The minimum atomic E-state index is -1.36. The highest BCUT2D eigenvalue weighted by Crippen LogP contribution is 2.27. The number of unbranched alkanes of at least 4 members (excludes halogenated alkanes) is 3. The molecule has 103 heavy (non-hydrogen) atoms. The molecule has 0 bridgehead atoms. The van der Waals surface area contributed by atoms with Crippen LogP contribution in [-0.2, 0) is 60.8 Å². The molecule has 8 atom stereocenters. The first-order chi connectivity index (χ1) is 49.2. The predicted octanol–water partition coefficient (Wildman–Crippen LogP) is -4.01. The SMILES string of the molecule is NCCCC[C@H](NC(=O)[C@H](CCCN=C(N)N)NC(=O)[C@H](CCCN=C(N)N)NC(=O)[C@H](Cc1ccc(O)cc1)NC(=O)C1CCC(NC(=O)[C@H](Cc2ccc(O)cc2)NC(=O)[C@H](CCCCN)NC(=O)[C@H](CCCCN)NC(=O)[C@H](CCCN=C(N)N)NC(=O)C2CCC(N)CC2)CC1)C(N)=O. The number of nitrogens with two attached hydrogens (primary N) is 11. The number of nitrogens with zero attached hydrogens (tertiary/aromatic N) is 3. The Kier molecular flexibility index (Phi) is 39.0. The van der Waals surface area contributed by atoms with E-state index >= 15 is 0 Å². The first kappa shape index (κ1) is 85.8. The molecular formula is C68H115N23O12. The Bertz CT molecular complexity index is 3100. The van der Waals surface area contributed by atoms with Crippen molar-refractivity contribution in [2.45, 2.75) is 221 Å². The Balaban J connectivity index is 1.56. The third-order valence-electron chi connectivity index (χ3n) is 18.1. The fourth-order valence-electron chi connectivity index (χ4n) is 12.2. The highest BCUT2D eigenvalue weighted by atomic mass is 16.3. The number of phenols is 2. The number of phenolic OH excluding ortho intramolecular Hbond substituents is 2. The Morgan fingerprint density at radius 2 is 0.641 bits per heavy atom. The van der Waals surface area contributed by atoms with Crippen molar-refractivity contribution in [1.29, 1.82) is 0 Å². The van der Waals surface area contributed by atoms with E-state index in [4.69, 9.17) is 63.1 Å². The summed E-state index contributed by atoms with van der Waals surface area (Å²) >= 11 is 0. The van der Waals surface area contributed by atoms with Crippen LogP contribution in [0, 0.1) is 11.8 Å². The number of aliphatic imine (C=N–C) groups is 3. The fourth-order valence-corrected chi connectivity index (χ4v) is 12.2. The van der Waals surface area contributed by atoms with E-state index in [1.807, 2.05) is 0 Å². The number of primary amides is 1. The lowest BCUT2D eigenvalue weighted by atomic mass is 9.85. The van der Waals surface area contributed by atoms with E-state index in [1.165, 1.54) is 24.3 Å². The van der Waals surface area contributed by atoms with Gasteiger partial charge in [-0.3, -0.25) is 62.9 Å². The van der Waals surface area contributed by atoms with E-state index in [0.29, 0.717) is 94.8 Å². The number of guanidine groups is 3. The number of aromatic hydroxyl groups is 2. The lowest BCUT2D eigenvalue weighted by Crippen LogP contribution is -2.59. The van der Waals surface area contributed by atoms with Crippen LogP contribution in [0.15, 0.2) is 63.5 Å². The van der Waals surface area contributed by atoms with E-state index < -0.39 is 113 Å². The lowest BCUT2D eigenvalue weighted by Gasteiger charge is -2.31. The van der Waals surface area contributed by atoms with Gasteiger partial charge in [0.2, 0.25) is 59.1 Å². The third kappa shape index (κ3) is 33.4. The molecule has 0 spiro atoms. The molecule has 0 unspecified atom stereocenters. The van der Waals surface area contributed by atoms with Gasteiger partial charge in [0.1, 0.15) is 59.8 Å². The van der Waals surface area contributed by atoms with Crippen molar-refractivity contribution in [3.05, 3.63) is 59.7 Å². The zero-order valence-electron chi connectivity index (χ0n) is 59.1. The van der Waals surface area contributed by atoms with Gasteiger partial charge in [0.05, 0.1) is 0 Å². The zero-order valence-corrected chi connectivity index (χ0v) is 59.1. The van der Waals surface area contributed by atoms with E-state index in [-0.39, 0.29) is 163 Å². The van der Waals surface area contributed by atoms with E-state index in [2.05, 4.69) is 62.8 Å². The van der Waals surface area contributed by atoms with Crippen molar-refractivity contribution in [3.63, 3.8) is 0 Å². The Morgan fingerprint density at radius 3 is 0.981 bits per heavy atom. The Labute approximate surface area is 601 Å². The molecule has 574 valence electrons. The van der Waals surface area contributed by atoms with Gasteiger partial charge in [-0.2, -0.15) is 0 Å². The normalized spacial score (nSPS) is 17.9. The Hall–Kier alpha value is -9.61. The molecule has 0 radical (unpaired) electrons. The minimum absolute atomic E-state index is 0.0186. The van der Waals surface area contributed by atoms with Crippen LogP contribution in [0.1, 0.15) is 159 Å². The molecular weight excluding hydrogens is 1330 g/mol. The number of hydrogen-bond acceptors (Lipinski definition) is 19. The molecule has 4 rings (SSSR count). The van der Waals surface area contributed by atoms with Crippen molar-refractivity contribution in [1.82, 2.24) is 47.9 Å². The summed E-state index contributed by atoms with van der Waals surface area (Å²) in [6.45, 7) is 1.20. The number of nitrogens with one attached hydrogen (secondary N) is 9. The highest BCUT2D eigenvalue weighted by Gasteiger charge is 2.37. The summed E-state index contributed by atoms with van der Waals surface area (Å²) in [7, 11) is 0. The summed E-state index contributed by atoms with van der Waals surface area (Å²) in [5, 5.41) is 45.7. The summed E-state index contributed by atoms with van der Waals surface area (Å²) in [6.07, 6.45) is 7.10. The smallest absolute Gasteiger partial charge is 0.243 e. The summed E-state index contributed by atoms with van der Waals surface area (Å²) < 4.78 is 0. The number of rotatable bonds is 47. The summed E-state index contributed by atoms with van der Waals surface area (Å²) in [5.74, 6) is -8.33. The molecule has 2 aliphatic carbocycles. The first-order valence-electron chi connectivity index (χ1n) is 35.8. The quantitative estimate of drug-likeness (QED) is 0.0171. The second-order valence-corrected chi connectivity index (χ2v) is 26.5. The number of amides is 10. The van der Waals surface area contributed by atoms with Crippen LogP contribution in [0.25, 0.3) is 0 Å². The predicted molar refractivity (Wildman–Crippen MR) is 391 cm³/mol. The van der Waals surface area contributed by atoms with Crippen LogP contribution in [0.2, 0.25) is 0 Å². The summed E-state index contributed by atoms with van der Waals surface area (Å²) in [6, 6.07) is 1.62. The molecule has 2 saturated carbocycles. The van der Waals surface area contributed by atoms with Crippen LogP contribution in [0.4, 0.5) is 0 Å². The maximum atomic E-state index is 14.7. The number of carbonyl (C=O) groups is 10. The standard InChI is InChI=1S/C68H115N23O12/c69-32-4-1-10-48(56(73)94)84-59(97)52(14-8-36-81-67(76)77)88-62(100)53(15-9-37-82-68(78)79)89-65(103)55(39-41-18-30-47(93)31-19-41)90-58(96)43-22-26-45(27-23-43)83-64(102)54(38-40-16-28-46(92)29-17-40)91-63(101)50(12-3-6-34-71)87-60(98)49(11-2-5-33-70)86-61(99)51(13-7-35-80-66(74)75)85-57(95)42-20-24-44(72)25-21-42/h16-19,28-31,42-45,48-55,92-93H,1-15,20-27,32-39,69-72H2,(H2,73,94)(H,83,102)(H,84,97)(H,85,95)(H,86,99)(H,87,98)(H,88,100)(H,89,103)(H,90,96)(H,91,101)(H4,74,75,80)(H4,76,77,81)(H4,78,79,82)/t42?,43?,44?,45?,48-,49-,50-,51-,52-,53-,54-,55-/m0/s1. The van der Waals surface area contributed by atoms with Crippen molar-refractivity contribution >= 4 is 77.0 Å². The minimum Gasteiger partial charge on any atom is -0.508 e. The molecule has 0 aromatic heterocycles. The monoisotopic (exact) mass is 1450 g/mol. The maximum absolute atomic E-state index is 14.7. The van der Waals surface area contributed by atoms with Gasteiger partial charge in [-0.05, 0) is 203 Å². The molecule has 35 heteroatoms. The number of benzene rings is 2. The molecule has 2 aliphatic rings. The Morgan fingerprint density at radius 1 is 0.359 bits per heavy atom. The van der Waals surface area contributed by atoms with Crippen molar-refractivity contribution in [2.24, 2.45) is 89.9 Å². The van der Waals surface area contributed by atoms with Crippen molar-refractivity contribution in [3.8, 4) is 11.5 Å². The number of hydrogen-bond donors (Lipinski definition) is 22. The average Bonchev–Trinajstić information content (AvgIpc) is 0.852. The van der Waals surface area contributed by atoms with Gasteiger partial charge in [-0.1, -0.05) is 24.3 Å². The van der Waals surface area contributed by atoms with Crippen LogP contribution in [0.5, 0.6) is 11.5 Å². The first-order valence-corrected chi connectivity index (χ1v) is 35.8. The van der Waals surface area contributed by atoms with Crippen LogP contribution >= 0.6 is 0 Å². The topological polar surface area (TPSA) is 643 Å². The largest absolute Gasteiger partial charge is 0.508 e. The number of carbonyl (C=O) groups excluding carboxylic acids is 10. The van der Waals surface area contributed by atoms with E-state index in [1.54, 1.807) is 24.3 Å². The van der Waals surface area contributed by atoms with E-state index in [0.717, 1.165) is 0 Å². The van der Waals surface area contributed by atoms with Gasteiger partial charge in [0.25, 0.3) is 0 Å². The maximum Gasteiger partial charge on any atom is 0.243 e. The van der Waals surface area contributed by atoms with Gasteiger partial charge < -0.3 is 121 Å². The zero-order chi connectivity index (χ0) is 75.8. The molecule has 33 N–H and O–H groups in total. The van der Waals surface area contributed by atoms with Gasteiger partial charge in [0, 0.05) is 56.4 Å². The molecule has 0 saturated heterocycles. The summed E-state index contributed by atoms with van der Waals surface area (Å²) in [5.41, 5.74) is 63.6. The van der Waals surface area contributed by atoms with Crippen LogP contribution in [0.3, 0.4) is 0 Å². The molecule has 0 aliphatic heterocycles. The second kappa shape index (κ2) is 46.8. The second-order valence-electron chi connectivity index (χ2n) is 26.5. The van der Waals surface area contributed by atoms with Gasteiger partial charge >= 0.3 is 0 Å². The fraction of sp³-hybridized carbons (Fsp3) is 0.632. The van der Waals surface area contributed by atoms with E-state index in [9.17, 15) is 58.2 Å². The average molecular weight is 1450 g/mol. The molecule has 35 nitrogen and oxygen atoms in total. The van der Waals surface area contributed by atoms with Gasteiger partial charge in [-0.25, -0.2) is 0 Å². The van der Waals surface area contributed by atoms with Gasteiger partial charge in [0.15, 0.2) is 17.9 Å².